The third-order valence-corrected chi connectivity index (χ3v) is 3.14. The Bertz CT molecular complexity index is 187. The molecule has 0 spiro atoms. The Labute approximate surface area is 94.0 Å². The molecule has 0 amide bonds. The lowest BCUT2D eigenvalue weighted by molar-refractivity contribution is 0.0242. The van der Waals surface area contributed by atoms with Crippen molar-refractivity contribution < 1.29 is 4.39 Å². The second-order valence-electron chi connectivity index (χ2n) is 6.23. The maximum Gasteiger partial charge on any atom is 0.114 e. The van der Waals surface area contributed by atoms with Crippen molar-refractivity contribution in [1.82, 2.24) is 4.90 Å². The van der Waals surface area contributed by atoms with Crippen LogP contribution in [0.2, 0.25) is 0 Å². The van der Waals surface area contributed by atoms with Gasteiger partial charge in [-0.3, -0.25) is 0 Å². The van der Waals surface area contributed by atoms with E-state index in [-0.39, 0.29) is 5.41 Å². The van der Waals surface area contributed by atoms with Gasteiger partial charge in [0.1, 0.15) is 5.67 Å². The Kier molecular flexibility index (Phi) is 4.16. The molecule has 0 atom stereocenters. The van der Waals surface area contributed by atoms with E-state index in [0.717, 1.165) is 32.5 Å². The van der Waals surface area contributed by atoms with E-state index in [9.17, 15) is 4.39 Å². The first kappa shape index (κ1) is 13.0. The third-order valence-electron chi connectivity index (χ3n) is 3.14. The molecular weight excluding hydrogens is 189 g/mol. The van der Waals surface area contributed by atoms with Crippen LogP contribution in [0.25, 0.3) is 0 Å². The molecule has 0 saturated carbocycles. The topological polar surface area (TPSA) is 3.24 Å². The van der Waals surface area contributed by atoms with Gasteiger partial charge in [0.2, 0.25) is 0 Å². The lowest BCUT2D eigenvalue weighted by atomic mass is 9.78. The van der Waals surface area contributed by atoms with Gasteiger partial charge in [0.05, 0.1) is 0 Å². The van der Waals surface area contributed by atoms with Gasteiger partial charge in [-0.15, -0.1) is 0 Å². The molecule has 90 valence electrons. The van der Waals surface area contributed by atoms with Crippen LogP contribution in [-0.4, -0.2) is 30.2 Å². The number of piperidine rings is 1. The zero-order chi connectivity index (χ0) is 11.5. The molecule has 0 bridgehead atoms. The second-order valence-corrected chi connectivity index (χ2v) is 6.23. The quantitative estimate of drug-likeness (QED) is 0.695. The number of halogens is 1. The molecule has 0 aromatic rings. The van der Waals surface area contributed by atoms with Crippen LogP contribution in [0.5, 0.6) is 0 Å². The summed E-state index contributed by atoms with van der Waals surface area (Å²) in [6.07, 6.45) is 3.34. The second kappa shape index (κ2) is 4.82. The van der Waals surface area contributed by atoms with Gasteiger partial charge < -0.3 is 4.90 Å². The Morgan fingerprint density at radius 1 is 1.20 bits per heavy atom. The largest absolute Gasteiger partial charge is 0.303 e. The minimum Gasteiger partial charge on any atom is -0.303 e. The summed E-state index contributed by atoms with van der Waals surface area (Å²) < 4.78 is 14.5. The zero-order valence-electron chi connectivity index (χ0n) is 10.8. The first-order chi connectivity index (χ1) is 6.85. The summed E-state index contributed by atoms with van der Waals surface area (Å²) >= 11 is 0. The average molecular weight is 215 g/mol. The van der Waals surface area contributed by atoms with Gasteiger partial charge in [0.15, 0.2) is 0 Å². The summed E-state index contributed by atoms with van der Waals surface area (Å²) in [4.78, 5) is 2.39. The fourth-order valence-electron chi connectivity index (χ4n) is 2.62. The summed E-state index contributed by atoms with van der Waals surface area (Å²) in [6.45, 7) is 11.6. The fraction of sp³-hybridized carbons (Fsp3) is 1.00. The lowest BCUT2D eigenvalue weighted by Gasteiger charge is -2.39. The summed E-state index contributed by atoms with van der Waals surface area (Å²) in [5.74, 6) is 0. The maximum atomic E-state index is 14.5. The van der Waals surface area contributed by atoms with Gasteiger partial charge in [-0.1, -0.05) is 27.7 Å². The van der Waals surface area contributed by atoms with Crippen molar-refractivity contribution in [3.05, 3.63) is 0 Å². The summed E-state index contributed by atoms with van der Waals surface area (Å²) in [5.41, 5.74) is -0.788. The molecule has 15 heavy (non-hydrogen) atoms. The van der Waals surface area contributed by atoms with E-state index in [4.69, 9.17) is 0 Å². The molecule has 0 aromatic heterocycles. The zero-order valence-corrected chi connectivity index (χ0v) is 10.8. The monoisotopic (exact) mass is 215 g/mol. The van der Waals surface area contributed by atoms with Crippen molar-refractivity contribution >= 4 is 0 Å². The smallest absolute Gasteiger partial charge is 0.114 e. The summed E-state index contributed by atoms with van der Waals surface area (Å²) in [7, 11) is 0. The standard InChI is InChI=1S/C13H26FN/c1-5-8-15-9-6-13(14,7-10-15)11-12(2,3)4/h5-11H2,1-4H3. The number of rotatable bonds is 3. The molecule has 1 fully saturated rings. The highest BCUT2D eigenvalue weighted by Gasteiger charge is 2.37. The minimum absolute atomic E-state index is 0.113. The van der Waals surface area contributed by atoms with Crippen molar-refractivity contribution in [1.29, 1.82) is 0 Å². The van der Waals surface area contributed by atoms with Gasteiger partial charge in [0.25, 0.3) is 0 Å². The molecule has 1 aliphatic heterocycles. The maximum absolute atomic E-state index is 14.5. The van der Waals surface area contributed by atoms with Gasteiger partial charge in [-0.25, -0.2) is 4.39 Å². The molecular formula is C13H26FN. The van der Waals surface area contributed by atoms with Crippen LogP contribution < -0.4 is 0 Å². The number of nitrogens with zero attached hydrogens (tertiary/aromatic N) is 1. The average Bonchev–Trinajstić information content (AvgIpc) is 2.06. The van der Waals surface area contributed by atoms with E-state index in [1.807, 2.05) is 0 Å². The first-order valence-electron chi connectivity index (χ1n) is 6.26. The van der Waals surface area contributed by atoms with Crippen molar-refractivity contribution in [2.24, 2.45) is 5.41 Å². The fourth-order valence-corrected chi connectivity index (χ4v) is 2.62. The van der Waals surface area contributed by atoms with E-state index < -0.39 is 5.67 Å². The highest BCUT2D eigenvalue weighted by Crippen LogP contribution is 2.37. The number of alkyl halides is 1. The van der Waals surface area contributed by atoms with E-state index in [2.05, 4.69) is 32.6 Å². The molecule has 1 rings (SSSR count). The number of likely N-dealkylation sites (tertiary alicyclic amines) is 1. The third kappa shape index (κ3) is 4.50. The summed E-state index contributed by atoms with van der Waals surface area (Å²) in [5, 5.41) is 0. The van der Waals surface area contributed by atoms with Gasteiger partial charge in [-0.2, -0.15) is 0 Å². The Morgan fingerprint density at radius 2 is 1.73 bits per heavy atom. The molecule has 0 aliphatic carbocycles. The molecule has 0 aromatic carbocycles. The number of hydrogen-bond acceptors (Lipinski definition) is 1. The van der Waals surface area contributed by atoms with E-state index in [0.29, 0.717) is 6.42 Å². The van der Waals surface area contributed by atoms with Crippen molar-refractivity contribution in [3.63, 3.8) is 0 Å². The van der Waals surface area contributed by atoms with E-state index >= 15 is 0 Å². The van der Waals surface area contributed by atoms with Crippen LogP contribution in [0.15, 0.2) is 0 Å². The van der Waals surface area contributed by atoms with Crippen LogP contribution in [0.1, 0.15) is 53.4 Å². The SMILES string of the molecule is CCCN1CCC(F)(CC(C)(C)C)CC1. The van der Waals surface area contributed by atoms with Gasteiger partial charge in [-0.05, 0) is 37.6 Å². The highest BCUT2D eigenvalue weighted by atomic mass is 19.1. The van der Waals surface area contributed by atoms with Crippen LogP contribution in [0, 0.1) is 5.41 Å². The van der Waals surface area contributed by atoms with Crippen LogP contribution in [-0.2, 0) is 0 Å². The Morgan fingerprint density at radius 3 is 2.13 bits per heavy atom. The van der Waals surface area contributed by atoms with E-state index in [1.54, 1.807) is 0 Å². The van der Waals surface area contributed by atoms with Crippen LogP contribution in [0.4, 0.5) is 4.39 Å². The molecule has 0 N–H and O–H groups in total. The van der Waals surface area contributed by atoms with Crippen molar-refractivity contribution in [3.8, 4) is 0 Å². The van der Waals surface area contributed by atoms with Crippen LogP contribution in [0.3, 0.4) is 0 Å². The Hall–Kier alpha value is -0.110. The first-order valence-corrected chi connectivity index (χ1v) is 6.26. The molecule has 1 aliphatic rings. The normalized spacial score (nSPS) is 23.0. The highest BCUT2D eigenvalue weighted by molar-refractivity contribution is 4.89. The van der Waals surface area contributed by atoms with Gasteiger partial charge >= 0.3 is 0 Å². The van der Waals surface area contributed by atoms with E-state index in [1.165, 1.54) is 6.42 Å². The van der Waals surface area contributed by atoms with Crippen molar-refractivity contribution in [2.45, 2.75) is 59.0 Å². The van der Waals surface area contributed by atoms with Gasteiger partial charge in [0, 0.05) is 13.1 Å². The molecule has 0 unspecified atom stereocenters. The lowest BCUT2D eigenvalue weighted by Crippen LogP contribution is -2.43. The predicted molar refractivity (Wildman–Crippen MR) is 63.9 cm³/mol. The van der Waals surface area contributed by atoms with Crippen LogP contribution >= 0.6 is 0 Å². The molecule has 2 heteroatoms. The number of hydrogen-bond donors (Lipinski definition) is 0. The summed E-state index contributed by atoms with van der Waals surface area (Å²) in [6, 6.07) is 0. The molecule has 1 nitrogen and oxygen atoms in total. The molecule has 1 heterocycles. The predicted octanol–water partition coefficient (Wildman–Crippen LogP) is 3.64. The molecule has 1 saturated heterocycles. The Balaban J connectivity index is 2.40. The van der Waals surface area contributed by atoms with Crippen molar-refractivity contribution in [2.75, 3.05) is 19.6 Å². The minimum atomic E-state index is -0.900. The molecule has 0 radical (unpaired) electrons.